The molecular formula is C21H29N3O3. The topological polar surface area (TPSA) is 91.0 Å². The number of nitrogens with zero attached hydrogens (tertiary/aromatic N) is 1. The fourth-order valence-electron chi connectivity index (χ4n) is 3.30. The number of anilines is 1. The highest BCUT2D eigenvalue weighted by molar-refractivity contribution is 5.52. The van der Waals surface area contributed by atoms with Crippen LogP contribution in [-0.2, 0) is 11.3 Å². The summed E-state index contributed by atoms with van der Waals surface area (Å²) in [6, 6.07) is 11.3. The number of nitrogens with two attached hydrogens (primary N) is 1. The van der Waals surface area contributed by atoms with Crippen molar-refractivity contribution in [1.82, 2.24) is 4.90 Å². The minimum Gasteiger partial charge on any atom is -0.508 e. The second-order valence-corrected chi connectivity index (χ2v) is 7.33. The van der Waals surface area contributed by atoms with E-state index in [2.05, 4.69) is 22.3 Å². The number of hydrogen-bond acceptors (Lipinski definition) is 6. The van der Waals surface area contributed by atoms with Crippen LogP contribution in [0.3, 0.4) is 0 Å². The molecule has 2 aromatic carbocycles. The van der Waals surface area contributed by atoms with E-state index < -0.39 is 6.17 Å². The van der Waals surface area contributed by atoms with Gasteiger partial charge in [0.05, 0.1) is 13.2 Å². The summed E-state index contributed by atoms with van der Waals surface area (Å²) in [5, 5.41) is 23.4. The van der Waals surface area contributed by atoms with Crippen molar-refractivity contribution in [3.8, 4) is 11.5 Å². The van der Waals surface area contributed by atoms with Gasteiger partial charge in [0.15, 0.2) is 0 Å². The Bertz CT molecular complexity index is 756. The molecule has 3 rings (SSSR count). The van der Waals surface area contributed by atoms with Crippen LogP contribution in [0.5, 0.6) is 11.5 Å². The first-order chi connectivity index (χ1) is 12.9. The Morgan fingerprint density at radius 1 is 1.04 bits per heavy atom. The van der Waals surface area contributed by atoms with Gasteiger partial charge >= 0.3 is 0 Å². The molecule has 0 spiro atoms. The van der Waals surface area contributed by atoms with Crippen LogP contribution in [0.2, 0.25) is 0 Å². The third kappa shape index (κ3) is 4.91. The summed E-state index contributed by atoms with van der Waals surface area (Å²) in [5.41, 5.74) is 9.71. The molecule has 6 nitrogen and oxygen atoms in total. The van der Waals surface area contributed by atoms with Crippen LogP contribution < -0.4 is 11.1 Å². The van der Waals surface area contributed by atoms with Crippen LogP contribution in [0.4, 0.5) is 5.69 Å². The molecule has 1 fully saturated rings. The lowest BCUT2D eigenvalue weighted by molar-refractivity contribution is 0.0342. The lowest BCUT2D eigenvalue weighted by Gasteiger charge is -2.26. The monoisotopic (exact) mass is 371 g/mol. The minimum absolute atomic E-state index is 0.0131. The second-order valence-electron chi connectivity index (χ2n) is 7.33. The zero-order valence-electron chi connectivity index (χ0n) is 16.0. The molecule has 1 saturated heterocycles. The van der Waals surface area contributed by atoms with Gasteiger partial charge in [-0.2, -0.15) is 0 Å². The zero-order chi connectivity index (χ0) is 19.4. The molecule has 1 atom stereocenters. The van der Waals surface area contributed by atoms with E-state index >= 15 is 0 Å². The molecule has 27 heavy (non-hydrogen) atoms. The number of rotatable bonds is 6. The first-order valence-corrected chi connectivity index (χ1v) is 9.41. The van der Waals surface area contributed by atoms with Crippen molar-refractivity contribution in [1.29, 1.82) is 0 Å². The molecule has 1 heterocycles. The number of aromatic hydroxyl groups is 2. The predicted octanol–water partition coefficient (Wildman–Crippen LogP) is 3.12. The van der Waals surface area contributed by atoms with E-state index in [0.29, 0.717) is 5.56 Å². The van der Waals surface area contributed by atoms with Gasteiger partial charge in [-0.25, -0.2) is 0 Å². The Balaban J connectivity index is 1.67. The number of phenols is 2. The number of hydrogen-bond donors (Lipinski definition) is 4. The maximum atomic E-state index is 10.2. The van der Waals surface area contributed by atoms with E-state index in [1.165, 1.54) is 11.6 Å². The number of ether oxygens (including phenoxy) is 1. The molecule has 0 bridgehead atoms. The second kappa shape index (κ2) is 8.61. The lowest BCUT2D eigenvalue weighted by Crippen LogP contribution is -2.35. The molecule has 1 aliphatic heterocycles. The molecule has 5 N–H and O–H groups in total. The van der Waals surface area contributed by atoms with Gasteiger partial charge in [-0.05, 0) is 35.2 Å². The molecule has 1 unspecified atom stereocenters. The van der Waals surface area contributed by atoms with E-state index in [4.69, 9.17) is 10.5 Å². The lowest BCUT2D eigenvalue weighted by atomic mass is 9.98. The van der Waals surface area contributed by atoms with Gasteiger partial charge in [0.25, 0.3) is 0 Å². The van der Waals surface area contributed by atoms with E-state index in [-0.39, 0.29) is 17.4 Å². The van der Waals surface area contributed by atoms with Crippen molar-refractivity contribution in [2.75, 3.05) is 31.6 Å². The van der Waals surface area contributed by atoms with Crippen LogP contribution >= 0.6 is 0 Å². The summed E-state index contributed by atoms with van der Waals surface area (Å²) >= 11 is 0. The maximum Gasteiger partial charge on any atom is 0.125 e. The van der Waals surface area contributed by atoms with Crippen LogP contribution in [0.25, 0.3) is 0 Å². The Morgan fingerprint density at radius 3 is 2.30 bits per heavy atom. The summed E-state index contributed by atoms with van der Waals surface area (Å²) in [7, 11) is 0. The fourth-order valence-corrected chi connectivity index (χ4v) is 3.30. The Labute approximate surface area is 160 Å². The third-order valence-electron chi connectivity index (χ3n) is 4.92. The van der Waals surface area contributed by atoms with Crippen molar-refractivity contribution in [3.63, 3.8) is 0 Å². The number of morpholine rings is 1. The molecule has 2 aromatic rings. The average Bonchev–Trinajstić information content (AvgIpc) is 2.64. The first kappa shape index (κ1) is 19.5. The largest absolute Gasteiger partial charge is 0.508 e. The zero-order valence-corrected chi connectivity index (χ0v) is 16.0. The smallest absolute Gasteiger partial charge is 0.125 e. The molecule has 6 heteroatoms. The van der Waals surface area contributed by atoms with Crippen LogP contribution in [0, 0.1) is 0 Å². The van der Waals surface area contributed by atoms with Gasteiger partial charge in [0.2, 0.25) is 0 Å². The normalized spacial score (nSPS) is 16.4. The van der Waals surface area contributed by atoms with E-state index in [9.17, 15) is 10.2 Å². The highest BCUT2D eigenvalue weighted by Crippen LogP contribution is 2.34. The third-order valence-corrected chi connectivity index (χ3v) is 4.92. The molecule has 0 amide bonds. The van der Waals surface area contributed by atoms with E-state index in [1.807, 2.05) is 26.0 Å². The molecule has 146 valence electrons. The fraction of sp³-hybridized carbons (Fsp3) is 0.429. The Morgan fingerprint density at radius 2 is 1.67 bits per heavy atom. The van der Waals surface area contributed by atoms with Crippen molar-refractivity contribution >= 4 is 5.69 Å². The Kier molecular flexibility index (Phi) is 6.21. The highest BCUT2D eigenvalue weighted by atomic mass is 16.5. The minimum atomic E-state index is -0.576. The van der Waals surface area contributed by atoms with Crippen LogP contribution in [0.1, 0.15) is 42.6 Å². The summed E-state index contributed by atoms with van der Waals surface area (Å²) in [4.78, 5) is 2.37. The standard InChI is InChI=1S/C21H29N3O3/c1-14(2)17-11-18(20(26)12-19(17)25)21(22)23-16-5-3-15(4-6-16)13-24-7-9-27-10-8-24/h3-6,11-12,14,21,23,25-26H,7-10,13,22H2,1-2H3. The number of phenolic OH excluding ortho intramolecular Hbond substituents is 2. The molecular weight excluding hydrogens is 342 g/mol. The molecule has 0 aliphatic carbocycles. The van der Waals surface area contributed by atoms with Gasteiger partial charge in [0.1, 0.15) is 17.7 Å². The SMILES string of the molecule is CC(C)c1cc(C(N)Nc2ccc(CN3CCOCC3)cc2)c(O)cc1O. The molecule has 0 radical (unpaired) electrons. The number of nitrogens with one attached hydrogen (secondary N) is 1. The highest BCUT2D eigenvalue weighted by Gasteiger charge is 2.17. The quantitative estimate of drug-likeness (QED) is 0.583. The van der Waals surface area contributed by atoms with Gasteiger partial charge in [0, 0.05) is 37.0 Å². The van der Waals surface area contributed by atoms with Crippen molar-refractivity contribution < 1.29 is 14.9 Å². The van der Waals surface area contributed by atoms with Crippen LogP contribution in [-0.4, -0.2) is 41.4 Å². The summed E-state index contributed by atoms with van der Waals surface area (Å²) < 4.78 is 5.38. The van der Waals surface area contributed by atoms with Crippen molar-refractivity contribution in [2.45, 2.75) is 32.5 Å². The van der Waals surface area contributed by atoms with Crippen molar-refractivity contribution in [2.24, 2.45) is 5.73 Å². The Hall–Kier alpha value is -2.28. The molecule has 0 aromatic heterocycles. The summed E-state index contributed by atoms with van der Waals surface area (Å²) in [6.45, 7) is 8.40. The van der Waals surface area contributed by atoms with Crippen LogP contribution in [0.15, 0.2) is 36.4 Å². The van der Waals surface area contributed by atoms with Gasteiger partial charge in [-0.3, -0.25) is 4.90 Å². The predicted molar refractivity (Wildman–Crippen MR) is 107 cm³/mol. The molecule has 0 saturated carbocycles. The maximum absolute atomic E-state index is 10.2. The van der Waals surface area contributed by atoms with Gasteiger partial charge in [-0.1, -0.05) is 26.0 Å². The molecule has 1 aliphatic rings. The number of benzene rings is 2. The summed E-state index contributed by atoms with van der Waals surface area (Å²) in [6.07, 6.45) is -0.576. The average molecular weight is 371 g/mol. The van der Waals surface area contributed by atoms with E-state index in [0.717, 1.165) is 44.1 Å². The van der Waals surface area contributed by atoms with Gasteiger partial charge in [-0.15, -0.1) is 0 Å². The van der Waals surface area contributed by atoms with E-state index in [1.54, 1.807) is 6.07 Å². The first-order valence-electron chi connectivity index (χ1n) is 9.41. The van der Waals surface area contributed by atoms with Gasteiger partial charge < -0.3 is 26.0 Å². The van der Waals surface area contributed by atoms with Crippen molar-refractivity contribution in [3.05, 3.63) is 53.1 Å². The summed E-state index contributed by atoms with van der Waals surface area (Å²) in [5.74, 6) is 0.211.